The molecule has 21 heavy (non-hydrogen) atoms. The fraction of sp³-hybridized carbons (Fsp3) is 0.385. The Balaban J connectivity index is 3.07. The fourth-order valence-electron chi connectivity index (χ4n) is 1.54. The smallest absolute Gasteiger partial charge is 0.411 e. The molecule has 0 amide bonds. The molecule has 116 valence electrons. The number of nitrogens with zero attached hydrogens (tertiary/aromatic N) is 2. The van der Waals surface area contributed by atoms with Gasteiger partial charge in [-0.05, 0) is 20.8 Å². The van der Waals surface area contributed by atoms with Gasteiger partial charge < -0.3 is 5.21 Å². The summed E-state index contributed by atoms with van der Waals surface area (Å²) in [4.78, 5) is 0. The van der Waals surface area contributed by atoms with E-state index in [1.165, 1.54) is 0 Å². The van der Waals surface area contributed by atoms with Gasteiger partial charge in [0.15, 0.2) is 0 Å². The molecule has 0 aliphatic carbocycles. The van der Waals surface area contributed by atoms with Gasteiger partial charge in [-0.3, -0.25) is 9.05 Å². The SMILES string of the molecule is CCOP(=O)(N/N=C(/C(C)=N/O)c1ccccc1)OCC. The Kier molecular flexibility index (Phi) is 7.08. The van der Waals surface area contributed by atoms with Crippen LogP contribution >= 0.6 is 7.75 Å². The van der Waals surface area contributed by atoms with Crippen LogP contribution in [0.4, 0.5) is 0 Å². The van der Waals surface area contributed by atoms with Gasteiger partial charge in [-0.25, -0.2) is 9.76 Å². The topological polar surface area (TPSA) is 92.5 Å². The molecule has 8 heteroatoms. The summed E-state index contributed by atoms with van der Waals surface area (Å²) in [5.74, 6) is 0. The maximum Gasteiger partial charge on any atom is 0.448 e. The van der Waals surface area contributed by atoms with Crippen molar-refractivity contribution < 1.29 is 18.8 Å². The maximum absolute atomic E-state index is 12.3. The molecule has 1 rings (SSSR count). The Hall–Kier alpha value is -1.69. The summed E-state index contributed by atoms with van der Waals surface area (Å²) >= 11 is 0. The zero-order valence-electron chi connectivity index (χ0n) is 12.3. The van der Waals surface area contributed by atoms with Crippen molar-refractivity contribution in [2.75, 3.05) is 13.2 Å². The minimum Gasteiger partial charge on any atom is -0.411 e. The standard InChI is InChI=1S/C13H20N3O4P/c1-4-19-21(18,20-5-2)16-14-13(11(3)15-17)12-9-7-6-8-10-12/h6-10,17H,4-5H2,1-3H3,(H,16,18)/b14-13-,15-11+. The van der Waals surface area contributed by atoms with Gasteiger partial charge in [0, 0.05) is 5.56 Å². The molecule has 0 aromatic heterocycles. The molecule has 7 nitrogen and oxygen atoms in total. The highest BCUT2D eigenvalue weighted by atomic mass is 31.2. The summed E-state index contributed by atoms with van der Waals surface area (Å²) in [5, 5.41) is 18.5. The van der Waals surface area contributed by atoms with Gasteiger partial charge in [-0.2, -0.15) is 5.10 Å². The minimum atomic E-state index is -3.52. The van der Waals surface area contributed by atoms with Crippen LogP contribution in [0.1, 0.15) is 26.3 Å². The van der Waals surface area contributed by atoms with Gasteiger partial charge in [0.1, 0.15) is 11.4 Å². The molecular weight excluding hydrogens is 293 g/mol. The second-order valence-corrected chi connectivity index (χ2v) is 5.66. The van der Waals surface area contributed by atoms with Gasteiger partial charge in [-0.1, -0.05) is 35.5 Å². The second kappa shape index (κ2) is 8.56. The number of hydrogen-bond acceptors (Lipinski definition) is 6. The lowest BCUT2D eigenvalue weighted by molar-refractivity contribution is 0.211. The van der Waals surface area contributed by atoms with E-state index in [2.05, 4.69) is 15.5 Å². The van der Waals surface area contributed by atoms with Crippen molar-refractivity contribution in [3.8, 4) is 0 Å². The Morgan fingerprint density at radius 2 is 1.81 bits per heavy atom. The minimum absolute atomic E-state index is 0.216. The summed E-state index contributed by atoms with van der Waals surface area (Å²) in [6.45, 7) is 5.42. The van der Waals surface area contributed by atoms with Crippen molar-refractivity contribution in [1.29, 1.82) is 0 Å². The first-order valence-electron chi connectivity index (χ1n) is 6.54. The van der Waals surface area contributed by atoms with E-state index >= 15 is 0 Å². The first-order valence-corrected chi connectivity index (χ1v) is 8.09. The van der Waals surface area contributed by atoms with Crippen LogP contribution in [0.3, 0.4) is 0 Å². The van der Waals surface area contributed by atoms with E-state index in [0.29, 0.717) is 11.3 Å². The summed E-state index contributed by atoms with van der Waals surface area (Å²) in [5.41, 5.74) is 1.32. The lowest BCUT2D eigenvalue weighted by atomic mass is 10.1. The lowest BCUT2D eigenvalue weighted by Gasteiger charge is -2.16. The molecule has 0 aliphatic rings. The summed E-state index contributed by atoms with van der Waals surface area (Å²) < 4.78 is 22.5. The Labute approximate surface area is 124 Å². The average Bonchev–Trinajstić information content (AvgIpc) is 2.48. The third-order valence-electron chi connectivity index (χ3n) is 2.42. The van der Waals surface area contributed by atoms with Gasteiger partial charge >= 0.3 is 7.75 Å². The van der Waals surface area contributed by atoms with Gasteiger partial charge in [-0.15, -0.1) is 0 Å². The quantitative estimate of drug-likeness (QED) is 0.333. The highest BCUT2D eigenvalue weighted by molar-refractivity contribution is 7.51. The molecule has 0 atom stereocenters. The van der Waals surface area contributed by atoms with E-state index in [1.807, 2.05) is 18.2 Å². The van der Waals surface area contributed by atoms with E-state index in [0.717, 1.165) is 0 Å². The van der Waals surface area contributed by atoms with Crippen LogP contribution in [0.5, 0.6) is 0 Å². The second-order valence-electron chi connectivity index (χ2n) is 3.94. The van der Waals surface area contributed by atoms with Crippen LogP contribution in [-0.4, -0.2) is 29.8 Å². The number of rotatable bonds is 8. The molecule has 0 heterocycles. The number of nitrogens with one attached hydrogen (secondary N) is 1. The predicted octanol–water partition coefficient (Wildman–Crippen LogP) is 3.01. The molecule has 0 spiro atoms. The van der Waals surface area contributed by atoms with Crippen LogP contribution in [0.15, 0.2) is 40.6 Å². The largest absolute Gasteiger partial charge is 0.448 e. The van der Waals surface area contributed by atoms with Gasteiger partial charge in [0.2, 0.25) is 0 Å². The number of oxime groups is 1. The first-order chi connectivity index (χ1) is 10.1. The van der Waals surface area contributed by atoms with E-state index in [4.69, 9.17) is 14.3 Å². The first kappa shape index (κ1) is 17.4. The molecule has 1 aromatic carbocycles. The zero-order valence-corrected chi connectivity index (χ0v) is 13.2. The van der Waals surface area contributed by atoms with E-state index < -0.39 is 7.75 Å². The summed E-state index contributed by atoms with van der Waals surface area (Å²) in [6, 6.07) is 9.08. The molecule has 2 N–H and O–H groups in total. The van der Waals surface area contributed by atoms with Crippen LogP contribution in [0.25, 0.3) is 0 Å². The monoisotopic (exact) mass is 313 g/mol. The van der Waals surface area contributed by atoms with Crippen molar-refractivity contribution in [3.05, 3.63) is 35.9 Å². The van der Waals surface area contributed by atoms with Crippen molar-refractivity contribution >= 4 is 19.2 Å². The maximum atomic E-state index is 12.3. The lowest BCUT2D eigenvalue weighted by Crippen LogP contribution is -2.18. The summed E-state index contributed by atoms with van der Waals surface area (Å²) in [7, 11) is -3.52. The summed E-state index contributed by atoms with van der Waals surface area (Å²) in [6.07, 6.45) is 0. The number of hydrogen-bond donors (Lipinski definition) is 2. The van der Waals surface area contributed by atoms with Crippen LogP contribution in [-0.2, 0) is 13.6 Å². The predicted molar refractivity (Wildman–Crippen MR) is 81.9 cm³/mol. The van der Waals surface area contributed by atoms with E-state index in [9.17, 15) is 4.57 Å². The molecule has 0 saturated carbocycles. The molecular formula is C13H20N3O4P. The third kappa shape index (κ3) is 5.30. The Morgan fingerprint density at radius 3 is 2.29 bits per heavy atom. The molecule has 0 radical (unpaired) electrons. The average molecular weight is 313 g/mol. The number of hydrazone groups is 1. The highest BCUT2D eigenvalue weighted by Crippen LogP contribution is 2.43. The zero-order chi connectivity index (χ0) is 15.7. The molecule has 0 aliphatic heterocycles. The van der Waals surface area contributed by atoms with Crippen molar-refractivity contribution in [1.82, 2.24) is 5.20 Å². The van der Waals surface area contributed by atoms with E-state index in [-0.39, 0.29) is 18.9 Å². The van der Waals surface area contributed by atoms with Crippen LogP contribution < -0.4 is 5.20 Å². The normalized spacial score (nSPS) is 13.3. The molecule has 0 saturated heterocycles. The third-order valence-corrected chi connectivity index (χ3v) is 3.96. The van der Waals surface area contributed by atoms with Crippen molar-refractivity contribution in [2.24, 2.45) is 10.3 Å². The van der Waals surface area contributed by atoms with Crippen LogP contribution in [0, 0.1) is 0 Å². The highest BCUT2D eigenvalue weighted by Gasteiger charge is 2.23. The van der Waals surface area contributed by atoms with Crippen molar-refractivity contribution in [3.63, 3.8) is 0 Å². The van der Waals surface area contributed by atoms with E-state index in [1.54, 1.807) is 32.9 Å². The van der Waals surface area contributed by atoms with Crippen LogP contribution in [0.2, 0.25) is 0 Å². The Morgan fingerprint density at radius 1 is 1.24 bits per heavy atom. The molecule has 0 unspecified atom stereocenters. The molecule has 0 fully saturated rings. The fourth-order valence-corrected chi connectivity index (χ4v) is 2.64. The number of benzene rings is 1. The Bertz CT molecular complexity index is 536. The molecule has 1 aromatic rings. The molecule has 0 bridgehead atoms. The van der Waals surface area contributed by atoms with Gasteiger partial charge in [0.05, 0.1) is 13.2 Å². The van der Waals surface area contributed by atoms with Crippen molar-refractivity contribution in [2.45, 2.75) is 20.8 Å². The van der Waals surface area contributed by atoms with Gasteiger partial charge in [0.25, 0.3) is 0 Å².